The summed E-state index contributed by atoms with van der Waals surface area (Å²) >= 11 is 0. The molecule has 3 saturated heterocycles. The molecule has 0 aromatic heterocycles. The minimum absolute atomic E-state index is 0.0673. The van der Waals surface area contributed by atoms with Crippen LogP contribution < -0.4 is 4.90 Å². The fourth-order valence-corrected chi connectivity index (χ4v) is 6.45. The van der Waals surface area contributed by atoms with Crippen LogP contribution in [0.1, 0.15) is 23.1 Å². The molecule has 7 nitrogen and oxygen atoms in total. The van der Waals surface area contributed by atoms with E-state index in [1.165, 1.54) is 17.0 Å². The molecular weight excluding hydrogens is 475 g/mol. The van der Waals surface area contributed by atoms with Crippen LogP contribution in [0.3, 0.4) is 0 Å². The second-order valence-corrected chi connectivity index (χ2v) is 9.81. The molecule has 36 heavy (non-hydrogen) atoms. The van der Waals surface area contributed by atoms with Gasteiger partial charge in [0.1, 0.15) is 6.61 Å². The minimum Gasteiger partial charge on any atom is -0.445 e. The van der Waals surface area contributed by atoms with Crippen LogP contribution in [0.5, 0.6) is 0 Å². The average Bonchev–Trinajstić information content (AvgIpc) is 3.64. The molecule has 7 rings (SSSR count). The molecule has 0 N–H and O–H groups in total. The van der Waals surface area contributed by atoms with Crippen molar-refractivity contribution in [3.8, 4) is 6.07 Å². The largest absolute Gasteiger partial charge is 0.445 e. The van der Waals surface area contributed by atoms with Crippen molar-refractivity contribution in [2.45, 2.75) is 25.2 Å². The van der Waals surface area contributed by atoms with Crippen LogP contribution in [0.4, 0.5) is 23.7 Å². The van der Waals surface area contributed by atoms with E-state index < -0.39 is 53.1 Å². The summed E-state index contributed by atoms with van der Waals surface area (Å²) < 4.78 is 46.1. The van der Waals surface area contributed by atoms with Crippen molar-refractivity contribution in [3.63, 3.8) is 0 Å². The van der Waals surface area contributed by atoms with Gasteiger partial charge in [0.05, 0.1) is 40.8 Å². The molecule has 1 unspecified atom stereocenters. The topological polar surface area (TPSA) is 90.7 Å². The fourth-order valence-electron chi connectivity index (χ4n) is 6.45. The minimum atomic E-state index is -4.82. The van der Waals surface area contributed by atoms with E-state index in [4.69, 9.17) is 10.00 Å². The molecule has 2 bridgehead atoms. The van der Waals surface area contributed by atoms with E-state index >= 15 is 0 Å². The summed E-state index contributed by atoms with van der Waals surface area (Å²) in [6, 6.07) is 13.0. The molecule has 0 spiro atoms. The van der Waals surface area contributed by atoms with Gasteiger partial charge in [-0.2, -0.15) is 18.4 Å². The van der Waals surface area contributed by atoms with E-state index in [-0.39, 0.29) is 36.6 Å². The van der Waals surface area contributed by atoms with Gasteiger partial charge in [0, 0.05) is 6.54 Å². The first-order valence-corrected chi connectivity index (χ1v) is 11.7. The smallest absolute Gasteiger partial charge is 0.417 e. The molecule has 6 atom stereocenters. The van der Waals surface area contributed by atoms with Crippen molar-refractivity contribution in [2.24, 2.45) is 29.6 Å². The highest BCUT2D eigenvalue weighted by atomic mass is 19.4. The summed E-state index contributed by atoms with van der Waals surface area (Å²) in [4.78, 5) is 42.4. The summed E-state index contributed by atoms with van der Waals surface area (Å²) in [5, 5.41) is 9.07. The normalized spacial score (nSPS) is 30.1. The molecule has 5 fully saturated rings. The van der Waals surface area contributed by atoms with E-state index in [1.807, 2.05) is 30.3 Å². The Balaban J connectivity index is 1.29. The Kier molecular flexibility index (Phi) is 4.90. The number of ether oxygens (including phenoxy) is 1. The number of halogens is 3. The predicted molar refractivity (Wildman–Crippen MR) is 118 cm³/mol. The quantitative estimate of drug-likeness (QED) is 0.601. The summed E-state index contributed by atoms with van der Waals surface area (Å²) in [5.74, 6) is -2.64. The lowest BCUT2D eigenvalue weighted by Gasteiger charge is -2.49. The van der Waals surface area contributed by atoms with Gasteiger partial charge < -0.3 is 9.64 Å². The molecule has 2 aromatic rings. The first-order chi connectivity index (χ1) is 17.2. The van der Waals surface area contributed by atoms with Gasteiger partial charge in [0.2, 0.25) is 11.8 Å². The first-order valence-electron chi connectivity index (χ1n) is 11.7. The summed E-state index contributed by atoms with van der Waals surface area (Å²) in [5.41, 5.74) is -1.18. The van der Waals surface area contributed by atoms with Crippen molar-refractivity contribution in [3.05, 3.63) is 65.2 Å². The number of fused-ring (bicyclic) bond motifs is 1. The number of hydrogen-bond acceptors (Lipinski definition) is 5. The molecular formula is C26H20F3N3O4. The Morgan fingerprint density at radius 3 is 2.44 bits per heavy atom. The third-order valence-electron chi connectivity index (χ3n) is 8.00. The number of imide groups is 1. The molecule has 3 heterocycles. The average molecular weight is 495 g/mol. The summed E-state index contributed by atoms with van der Waals surface area (Å²) in [6.45, 7) is 0.342. The number of rotatable bonds is 3. The number of nitriles is 1. The van der Waals surface area contributed by atoms with Gasteiger partial charge in [-0.15, -0.1) is 0 Å². The molecule has 184 valence electrons. The number of alkyl halides is 3. The summed E-state index contributed by atoms with van der Waals surface area (Å²) in [6.07, 6.45) is -4.57. The molecule has 2 aromatic carbocycles. The monoisotopic (exact) mass is 495 g/mol. The Morgan fingerprint density at radius 1 is 1.03 bits per heavy atom. The van der Waals surface area contributed by atoms with Gasteiger partial charge in [0.25, 0.3) is 0 Å². The van der Waals surface area contributed by atoms with Gasteiger partial charge in [-0.05, 0) is 47.9 Å². The SMILES string of the molecule is N#Cc1ccc(N2C(=O)[C@@H]3[C@H]4[C@H]5C[C@H]5C(CN4C(=O)OCc4ccccc4)[C@@H]3C2=O)cc1C(F)(F)F. The van der Waals surface area contributed by atoms with E-state index in [1.54, 1.807) is 0 Å². The van der Waals surface area contributed by atoms with Crippen LogP contribution >= 0.6 is 0 Å². The Morgan fingerprint density at radius 2 is 1.75 bits per heavy atom. The van der Waals surface area contributed by atoms with Crippen molar-refractivity contribution in [2.75, 3.05) is 11.4 Å². The van der Waals surface area contributed by atoms with Crippen molar-refractivity contribution >= 4 is 23.6 Å². The van der Waals surface area contributed by atoms with Crippen LogP contribution in [0, 0.1) is 40.9 Å². The number of hydrogen-bond donors (Lipinski definition) is 0. The van der Waals surface area contributed by atoms with E-state index in [2.05, 4.69) is 0 Å². The fraction of sp³-hybridized carbons (Fsp3) is 0.385. The molecule has 2 aliphatic carbocycles. The number of anilines is 1. The zero-order valence-corrected chi connectivity index (χ0v) is 18.8. The standard InChI is InChI=1S/C26H20F3N3O4/c27-26(28,29)19-8-15(7-6-14(19)10-30)32-23(33)20-18-11-31(22(17-9-16(17)18)21(20)24(32)34)25(35)36-12-13-4-2-1-3-5-13/h1-8,16-18,20-22H,9,11-12H2/t16-,17+,18?,20+,21+,22-/m1/s1. The number of benzene rings is 2. The Labute approximate surface area is 204 Å². The van der Waals surface area contributed by atoms with Crippen LogP contribution in [0.25, 0.3) is 0 Å². The molecule has 10 heteroatoms. The van der Waals surface area contributed by atoms with Crippen molar-refractivity contribution in [1.29, 1.82) is 5.26 Å². The third kappa shape index (κ3) is 3.29. The second kappa shape index (κ2) is 7.82. The summed E-state index contributed by atoms with van der Waals surface area (Å²) in [7, 11) is 0. The Hall–Kier alpha value is -3.87. The van der Waals surface area contributed by atoms with Crippen LogP contribution in [0.15, 0.2) is 48.5 Å². The van der Waals surface area contributed by atoms with Crippen LogP contribution in [0.2, 0.25) is 0 Å². The lowest BCUT2D eigenvalue weighted by Crippen LogP contribution is -2.61. The Bertz CT molecular complexity index is 1320. The van der Waals surface area contributed by atoms with Crippen LogP contribution in [-0.2, 0) is 27.1 Å². The third-order valence-corrected chi connectivity index (χ3v) is 8.00. The first kappa shape index (κ1) is 22.6. The zero-order valence-electron chi connectivity index (χ0n) is 18.8. The number of amides is 3. The van der Waals surface area contributed by atoms with Gasteiger partial charge in [0.15, 0.2) is 0 Å². The van der Waals surface area contributed by atoms with Crippen molar-refractivity contribution < 1.29 is 32.3 Å². The van der Waals surface area contributed by atoms with Crippen LogP contribution in [-0.4, -0.2) is 35.4 Å². The molecule has 2 saturated carbocycles. The van der Waals surface area contributed by atoms with Gasteiger partial charge in [-0.1, -0.05) is 30.3 Å². The van der Waals surface area contributed by atoms with Gasteiger partial charge in [-0.3, -0.25) is 9.59 Å². The highest BCUT2D eigenvalue weighted by molar-refractivity contribution is 6.22. The van der Waals surface area contributed by atoms with E-state index in [9.17, 15) is 27.6 Å². The van der Waals surface area contributed by atoms with E-state index in [0.717, 1.165) is 23.0 Å². The highest BCUT2D eigenvalue weighted by Gasteiger charge is 2.72. The van der Waals surface area contributed by atoms with E-state index in [0.29, 0.717) is 6.07 Å². The maximum Gasteiger partial charge on any atom is 0.417 e. The number of nitrogens with zero attached hydrogens (tertiary/aromatic N) is 3. The van der Waals surface area contributed by atoms with Gasteiger partial charge in [-0.25, -0.2) is 9.69 Å². The zero-order chi connectivity index (χ0) is 25.4. The molecule has 3 amide bonds. The number of carbonyl (C=O) groups is 3. The van der Waals surface area contributed by atoms with Crippen molar-refractivity contribution in [1.82, 2.24) is 4.90 Å². The lowest BCUT2D eigenvalue weighted by molar-refractivity contribution is -0.138. The number of piperidine rings is 2. The molecule has 5 aliphatic rings. The predicted octanol–water partition coefficient (Wildman–Crippen LogP) is 3.97. The second-order valence-electron chi connectivity index (χ2n) is 9.81. The molecule has 0 radical (unpaired) electrons. The lowest BCUT2D eigenvalue weighted by atomic mass is 9.66. The highest BCUT2D eigenvalue weighted by Crippen LogP contribution is 2.64. The molecule has 3 aliphatic heterocycles. The number of carbonyl (C=O) groups excluding carboxylic acids is 3. The maximum absolute atomic E-state index is 13.5. The maximum atomic E-state index is 13.5. The van der Waals surface area contributed by atoms with Gasteiger partial charge >= 0.3 is 12.3 Å².